The van der Waals surface area contributed by atoms with Gasteiger partial charge in [0.2, 0.25) is 0 Å². The monoisotopic (exact) mass is 882 g/mol. The average Bonchev–Trinajstić information content (AvgIpc) is 3.02. The summed E-state index contributed by atoms with van der Waals surface area (Å²) in [7, 11) is 1.70. The molecule has 0 saturated carbocycles. The number of quaternary nitrogens is 1. The van der Waals surface area contributed by atoms with Crippen LogP contribution in [0.25, 0.3) is 0 Å². The summed E-state index contributed by atoms with van der Waals surface area (Å²) in [6, 6.07) is 7.27. The Morgan fingerprint density at radius 1 is 0.745 bits per heavy atom. The van der Waals surface area contributed by atoms with E-state index >= 15 is 0 Å². The molecule has 51 heavy (non-hydrogen) atoms. The number of rotatable bonds is 26. The SMILES string of the molecule is C[NH2+]C[C@H](O)[C@@H](O)[C@H](O)[C@H](O)CO.O.O=C([O-])CN(CCN(CC(=O)[O-])CC(=O)[O-])CCN(CC(=O)[O-])C(COCc1ccccc1)C(=O)[O-].[Gd+3].[HH]. The summed E-state index contributed by atoms with van der Waals surface area (Å²) >= 11 is 0. The summed E-state index contributed by atoms with van der Waals surface area (Å²) in [5, 5.41) is 102. The summed E-state index contributed by atoms with van der Waals surface area (Å²) in [6.45, 7) is -4.71. The first-order chi connectivity index (χ1) is 23.0. The Kier molecular flexibility index (Phi) is 31.0. The molecule has 0 aromatic heterocycles. The Hall–Kier alpha value is -2.55. The molecule has 0 aliphatic heterocycles. The van der Waals surface area contributed by atoms with Gasteiger partial charge in [-0.15, -0.1) is 0 Å². The van der Waals surface area contributed by atoms with Crippen LogP contribution in [0.1, 0.15) is 6.99 Å². The van der Waals surface area contributed by atoms with Crippen molar-refractivity contribution in [1.29, 1.82) is 0 Å². The molecule has 0 spiro atoms. The molecule has 22 heteroatoms. The maximum Gasteiger partial charge on any atom is 3.00 e. The first kappa shape index (κ1) is 52.8. The van der Waals surface area contributed by atoms with Crippen molar-refractivity contribution in [3.63, 3.8) is 0 Å². The number of aliphatic hydroxyl groups excluding tert-OH is 5. The normalized spacial score (nSPS) is 13.8. The molecule has 1 radical (unpaired) electrons. The fourth-order valence-electron chi connectivity index (χ4n) is 4.22. The zero-order chi connectivity index (χ0) is 37.5. The molecule has 0 fully saturated rings. The minimum absolute atomic E-state index is 0. The molecule has 1 aromatic carbocycles. The smallest absolute Gasteiger partial charge is 0.549 e. The number of benzene rings is 1. The molecule has 9 N–H and O–H groups in total. The molecular formula is C29H48GdN4O17-. The molecule has 0 heterocycles. The predicted octanol–water partition coefficient (Wildman–Crippen LogP) is -12.7. The van der Waals surface area contributed by atoms with Crippen molar-refractivity contribution >= 4 is 29.8 Å². The van der Waals surface area contributed by atoms with Crippen LogP contribution in [0.15, 0.2) is 30.3 Å². The Morgan fingerprint density at radius 2 is 1.20 bits per heavy atom. The Bertz CT molecular complexity index is 1130. The Morgan fingerprint density at radius 3 is 1.65 bits per heavy atom. The van der Waals surface area contributed by atoms with Crippen molar-refractivity contribution in [2.24, 2.45) is 0 Å². The first-order valence-electron chi connectivity index (χ1n) is 14.9. The molecular weight excluding hydrogens is 834 g/mol. The van der Waals surface area contributed by atoms with Gasteiger partial charge in [-0.2, -0.15) is 0 Å². The maximum absolute atomic E-state index is 11.7. The van der Waals surface area contributed by atoms with E-state index in [1.165, 1.54) is 4.90 Å². The molecule has 0 amide bonds. The number of hydrogen-bond donors (Lipinski definition) is 6. The average molecular weight is 882 g/mol. The molecule has 0 bridgehead atoms. The van der Waals surface area contributed by atoms with E-state index in [0.717, 1.165) is 15.4 Å². The molecule has 0 saturated heterocycles. The summed E-state index contributed by atoms with van der Waals surface area (Å²) in [4.78, 5) is 58.8. The second-order valence-corrected chi connectivity index (χ2v) is 10.7. The van der Waals surface area contributed by atoms with Gasteiger partial charge < -0.3 is 90.6 Å². The molecule has 1 unspecified atom stereocenters. The standard InChI is InChI=1S/C22H31N3O11.C7H17NO5.Gd.H2O.H2/c26-18(27)10-23(6-7-24(11-19(28)29)12-20(30)31)8-9-25(13-21(32)33)17(22(34)35)15-36-14-16-4-2-1-3-5-16;1-8-2-4(10)6(12)7(13)5(11)3-9;;;/h1-5,17H,6-15H2,(H,26,27)(H,28,29)(H,30,31)(H,32,33)(H,34,35);4-13H,2-3H2,1H3;;1H2;1H/q;;+3;;/p-4/t;4-,5+,6+,7+;;;/m.0.../s1. The van der Waals surface area contributed by atoms with Crippen LogP contribution in [0.2, 0.25) is 0 Å². The van der Waals surface area contributed by atoms with Crippen LogP contribution < -0.4 is 30.8 Å². The number of hydrogen-bond acceptors (Lipinski definition) is 19. The zero-order valence-electron chi connectivity index (χ0n) is 27.8. The van der Waals surface area contributed by atoms with Gasteiger partial charge in [-0.05, 0) is 5.56 Å². The fourth-order valence-corrected chi connectivity index (χ4v) is 4.22. The number of nitrogens with two attached hydrogens (primary N) is 1. The number of carbonyl (C=O) groups is 5. The van der Waals surface area contributed by atoms with Gasteiger partial charge in [0.05, 0.1) is 62.8 Å². The van der Waals surface area contributed by atoms with Crippen LogP contribution in [0.4, 0.5) is 0 Å². The summed E-state index contributed by atoms with van der Waals surface area (Å²) in [5.41, 5.74) is 0.749. The van der Waals surface area contributed by atoms with Crippen molar-refractivity contribution in [3.05, 3.63) is 35.9 Å². The van der Waals surface area contributed by atoms with Crippen molar-refractivity contribution in [1.82, 2.24) is 14.7 Å². The third-order valence-corrected chi connectivity index (χ3v) is 6.73. The second kappa shape index (κ2) is 30.0. The van der Waals surface area contributed by atoms with E-state index in [-0.39, 0.29) is 86.2 Å². The summed E-state index contributed by atoms with van der Waals surface area (Å²) in [6.07, 6.45) is -5.53. The van der Waals surface area contributed by atoms with E-state index in [4.69, 9.17) is 20.1 Å². The van der Waals surface area contributed by atoms with Crippen molar-refractivity contribution in [2.45, 2.75) is 37.1 Å². The maximum atomic E-state index is 11.7. The van der Waals surface area contributed by atoms with Crippen LogP contribution in [0.5, 0.6) is 0 Å². The van der Waals surface area contributed by atoms with Crippen LogP contribution in [0, 0.1) is 39.9 Å². The van der Waals surface area contributed by atoms with Gasteiger partial charge in [0, 0.05) is 53.8 Å². The van der Waals surface area contributed by atoms with E-state index < -0.39 is 99.7 Å². The molecule has 1 rings (SSSR count). The number of carboxylic acids is 5. The number of likely N-dealkylation sites (N-methyl/N-ethyl adjacent to an activating group) is 1. The minimum atomic E-state index is -1.62. The van der Waals surface area contributed by atoms with Gasteiger partial charge in [0.15, 0.2) is 0 Å². The number of ether oxygens (including phenoxy) is 1. The summed E-state index contributed by atoms with van der Waals surface area (Å²) < 4.78 is 5.41. The minimum Gasteiger partial charge on any atom is -0.549 e. The van der Waals surface area contributed by atoms with Crippen LogP contribution >= 0.6 is 0 Å². The van der Waals surface area contributed by atoms with Crippen molar-refractivity contribution in [3.8, 4) is 0 Å². The quantitative estimate of drug-likeness (QED) is 0.0503. The largest absolute Gasteiger partial charge is 3.00 e. The molecule has 21 nitrogen and oxygen atoms in total. The molecule has 1 aromatic rings. The third kappa shape index (κ3) is 25.1. The molecule has 295 valence electrons. The Balaban J connectivity index is -0.000000614. The van der Waals surface area contributed by atoms with Crippen LogP contribution in [0.3, 0.4) is 0 Å². The van der Waals surface area contributed by atoms with Crippen molar-refractivity contribution < 1.29 is 132 Å². The van der Waals surface area contributed by atoms with Gasteiger partial charge in [0.1, 0.15) is 31.0 Å². The first-order valence-corrected chi connectivity index (χ1v) is 14.9. The molecule has 5 atom stereocenters. The Labute approximate surface area is 327 Å². The van der Waals surface area contributed by atoms with Crippen molar-refractivity contribution in [2.75, 3.05) is 79.2 Å². The second-order valence-electron chi connectivity index (χ2n) is 10.7. The van der Waals surface area contributed by atoms with E-state index in [0.29, 0.717) is 0 Å². The summed E-state index contributed by atoms with van der Waals surface area (Å²) in [5.74, 6) is -7.85. The van der Waals surface area contributed by atoms with E-state index in [1.54, 1.807) is 42.7 Å². The van der Waals surface area contributed by atoms with E-state index in [9.17, 15) is 59.7 Å². The predicted molar refractivity (Wildman–Crippen MR) is 159 cm³/mol. The number of nitrogens with zero attached hydrogens (tertiary/aromatic N) is 3. The molecule has 0 aliphatic rings. The fraction of sp³-hybridized carbons (Fsp3) is 0.621. The number of aliphatic hydroxyl groups is 5. The van der Waals surface area contributed by atoms with Gasteiger partial charge in [-0.25, -0.2) is 0 Å². The number of carboxylic acid groups (broad SMARTS) is 5. The number of carbonyl (C=O) groups excluding carboxylic acids is 5. The van der Waals surface area contributed by atoms with Crippen LogP contribution in [-0.4, -0.2) is 185 Å². The number of aliphatic carboxylic acids is 5. The van der Waals surface area contributed by atoms with Gasteiger partial charge in [0.25, 0.3) is 0 Å². The molecule has 0 aliphatic carbocycles. The third-order valence-electron chi connectivity index (χ3n) is 6.73. The van der Waals surface area contributed by atoms with E-state index in [1.807, 2.05) is 0 Å². The zero-order valence-corrected chi connectivity index (χ0v) is 30.0. The van der Waals surface area contributed by atoms with E-state index in [2.05, 4.69) is 0 Å². The topological polar surface area (TPSA) is 369 Å². The van der Waals surface area contributed by atoms with Gasteiger partial charge in [-0.3, -0.25) is 14.7 Å². The van der Waals surface area contributed by atoms with Crippen LogP contribution in [-0.2, 0) is 35.3 Å². The van der Waals surface area contributed by atoms with Gasteiger partial charge in [-0.1, -0.05) is 30.3 Å². The van der Waals surface area contributed by atoms with Gasteiger partial charge >= 0.3 is 39.9 Å².